The highest BCUT2D eigenvalue weighted by atomic mass is 16.1. The minimum absolute atomic E-state index is 0.0397. The molecule has 7 nitrogen and oxygen atoms in total. The molecular weight excluding hydrogens is 340 g/mol. The van der Waals surface area contributed by atoms with Crippen LogP contribution in [0.4, 0.5) is 0 Å². The van der Waals surface area contributed by atoms with Gasteiger partial charge in [-0.15, -0.1) is 0 Å². The summed E-state index contributed by atoms with van der Waals surface area (Å²) in [6.45, 7) is 8.52. The second kappa shape index (κ2) is 11.0. The molecule has 0 spiro atoms. The van der Waals surface area contributed by atoms with Gasteiger partial charge in [0.25, 0.3) is 0 Å². The maximum absolute atomic E-state index is 11.7. The fraction of sp³-hybridized carbons (Fsp3) is 0.450. The Labute approximate surface area is 161 Å². The summed E-state index contributed by atoms with van der Waals surface area (Å²) in [6, 6.07) is 10.3. The van der Waals surface area contributed by atoms with E-state index in [0.717, 1.165) is 18.7 Å². The summed E-state index contributed by atoms with van der Waals surface area (Å²) >= 11 is 0. The van der Waals surface area contributed by atoms with E-state index in [0.29, 0.717) is 25.5 Å². The van der Waals surface area contributed by atoms with Crippen molar-refractivity contribution in [3.05, 3.63) is 53.9 Å². The van der Waals surface area contributed by atoms with Crippen molar-refractivity contribution in [1.29, 1.82) is 0 Å². The van der Waals surface area contributed by atoms with Gasteiger partial charge in [-0.3, -0.25) is 9.48 Å². The molecule has 0 fully saturated rings. The molecule has 3 N–H and O–H groups in total. The number of guanidine groups is 1. The van der Waals surface area contributed by atoms with E-state index in [2.05, 4.69) is 38.2 Å². The number of carbonyl (C=O) groups excluding carboxylic acids is 1. The smallest absolute Gasteiger partial charge is 0.221 e. The van der Waals surface area contributed by atoms with Crippen LogP contribution in [-0.2, 0) is 17.9 Å². The lowest BCUT2D eigenvalue weighted by Crippen LogP contribution is -2.40. The van der Waals surface area contributed by atoms with E-state index < -0.39 is 0 Å². The highest BCUT2D eigenvalue weighted by Gasteiger charge is 2.06. The van der Waals surface area contributed by atoms with E-state index in [1.807, 2.05) is 49.8 Å². The largest absolute Gasteiger partial charge is 0.357 e. The molecule has 1 heterocycles. The summed E-state index contributed by atoms with van der Waals surface area (Å²) in [7, 11) is 0. The zero-order valence-electron chi connectivity index (χ0n) is 16.4. The molecule has 27 heavy (non-hydrogen) atoms. The van der Waals surface area contributed by atoms with Crippen molar-refractivity contribution in [2.45, 2.75) is 46.3 Å². The van der Waals surface area contributed by atoms with Crippen LogP contribution >= 0.6 is 0 Å². The Bertz CT molecular complexity index is 724. The third kappa shape index (κ3) is 7.52. The second-order valence-corrected chi connectivity index (χ2v) is 6.57. The Hall–Kier alpha value is -2.83. The van der Waals surface area contributed by atoms with Crippen LogP contribution in [0.15, 0.2) is 47.7 Å². The van der Waals surface area contributed by atoms with Gasteiger partial charge in [-0.05, 0) is 38.0 Å². The van der Waals surface area contributed by atoms with E-state index >= 15 is 0 Å². The van der Waals surface area contributed by atoms with Crippen molar-refractivity contribution in [1.82, 2.24) is 25.7 Å². The topological polar surface area (TPSA) is 83.3 Å². The third-order valence-electron chi connectivity index (χ3n) is 3.86. The van der Waals surface area contributed by atoms with Crippen molar-refractivity contribution < 1.29 is 4.79 Å². The molecule has 2 aromatic rings. The molecule has 0 bridgehead atoms. The number of hydrogen-bond donors (Lipinski definition) is 3. The Kier molecular flexibility index (Phi) is 8.35. The molecular formula is C20H30N6O. The lowest BCUT2D eigenvalue weighted by atomic mass is 10.1. The molecule has 0 atom stereocenters. The Balaban J connectivity index is 1.95. The summed E-state index contributed by atoms with van der Waals surface area (Å²) in [5.41, 5.74) is 2.35. The lowest BCUT2D eigenvalue weighted by Gasteiger charge is -2.13. The van der Waals surface area contributed by atoms with Crippen LogP contribution in [0.3, 0.4) is 0 Å². The van der Waals surface area contributed by atoms with E-state index in [1.54, 1.807) is 6.20 Å². The van der Waals surface area contributed by atoms with E-state index in [4.69, 9.17) is 0 Å². The first kappa shape index (κ1) is 20.5. The number of amides is 1. The number of nitrogens with one attached hydrogen (secondary N) is 3. The molecule has 146 valence electrons. The summed E-state index contributed by atoms with van der Waals surface area (Å²) in [4.78, 5) is 16.4. The maximum atomic E-state index is 11.7. The minimum atomic E-state index is 0.0397. The predicted molar refractivity (Wildman–Crippen MR) is 108 cm³/mol. The van der Waals surface area contributed by atoms with Crippen molar-refractivity contribution in [3.8, 4) is 0 Å². The Morgan fingerprint density at radius 1 is 1.19 bits per heavy atom. The normalized spacial score (nSPS) is 11.5. The molecule has 0 aliphatic rings. The van der Waals surface area contributed by atoms with Crippen LogP contribution in [0, 0.1) is 0 Å². The lowest BCUT2D eigenvalue weighted by molar-refractivity contribution is -0.121. The highest BCUT2D eigenvalue weighted by molar-refractivity contribution is 5.81. The van der Waals surface area contributed by atoms with Crippen molar-refractivity contribution in [2.24, 2.45) is 4.99 Å². The molecule has 0 radical (unpaired) electrons. The molecule has 0 unspecified atom stereocenters. The zero-order valence-corrected chi connectivity index (χ0v) is 16.4. The number of benzene rings is 1. The van der Waals surface area contributed by atoms with Crippen LogP contribution < -0.4 is 16.0 Å². The van der Waals surface area contributed by atoms with Crippen molar-refractivity contribution in [2.75, 3.05) is 13.1 Å². The van der Waals surface area contributed by atoms with Gasteiger partial charge in [0.05, 0.1) is 13.1 Å². The molecule has 0 saturated carbocycles. The molecule has 7 heteroatoms. The fourth-order valence-corrected chi connectivity index (χ4v) is 2.63. The fourth-order valence-electron chi connectivity index (χ4n) is 2.63. The zero-order chi connectivity index (χ0) is 19.5. The number of nitrogens with zero attached hydrogens (tertiary/aromatic N) is 3. The summed E-state index contributed by atoms with van der Waals surface area (Å²) < 4.78 is 1.90. The summed E-state index contributed by atoms with van der Waals surface area (Å²) in [5, 5.41) is 13.6. The van der Waals surface area contributed by atoms with Gasteiger partial charge in [-0.1, -0.05) is 24.3 Å². The van der Waals surface area contributed by atoms with Crippen LogP contribution in [0.2, 0.25) is 0 Å². The van der Waals surface area contributed by atoms with Gasteiger partial charge < -0.3 is 16.0 Å². The molecule has 0 aliphatic carbocycles. The maximum Gasteiger partial charge on any atom is 0.221 e. The molecule has 0 aliphatic heterocycles. The first-order valence-corrected chi connectivity index (χ1v) is 9.44. The van der Waals surface area contributed by atoms with Gasteiger partial charge in [-0.2, -0.15) is 5.10 Å². The Morgan fingerprint density at radius 3 is 2.63 bits per heavy atom. The third-order valence-corrected chi connectivity index (χ3v) is 3.86. The van der Waals surface area contributed by atoms with Crippen LogP contribution in [0.25, 0.3) is 0 Å². The number of aliphatic imine (C=N–C) groups is 1. The van der Waals surface area contributed by atoms with Crippen LogP contribution in [-0.4, -0.2) is 40.8 Å². The molecule has 0 saturated heterocycles. The number of carbonyl (C=O) groups is 1. The van der Waals surface area contributed by atoms with E-state index in [9.17, 15) is 4.79 Å². The average Bonchev–Trinajstić information content (AvgIpc) is 3.13. The predicted octanol–water partition coefficient (Wildman–Crippen LogP) is 1.90. The van der Waals surface area contributed by atoms with Crippen molar-refractivity contribution in [3.63, 3.8) is 0 Å². The molecule has 1 aromatic heterocycles. The quantitative estimate of drug-likeness (QED) is 0.465. The van der Waals surface area contributed by atoms with E-state index in [-0.39, 0.29) is 11.9 Å². The van der Waals surface area contributed by atoms with Crippen LogP contribution in [0.1, 0.15) is 38.3 Å². The molecule has 2 rings (SSSR count). The minimum Gasteiger partial charge on any atom is -0.357 e. The molecule has 1 amide bonds. The number of hydrogen-bond acceptors (Lipinski definition) is 3. The van der Waals surface area contributed by atoms with Gasteiger partial charge in [0.15, 0.2) is 5.96 Å². The standard InChI is InChI=1S/C20H30N6O/c1-4-21-20(22-12-10-19(27)25-16(2)3)23-14-17-8-5-6-9-18(17)15-26-13-7-11-24-26/h5-9,11,13,16H,4,10,12,14-15H2,1-3H3,(H,25,27)(H2,21,22,23). The first-order chi connectivity index (χ1) is 13.1. The van der Waals surface area contributed by atoms with Gasteiger partial charge in [-0.25, -0.2) is 4.99 Å². The number of rotatable bonds is 9. The van der Waals surface area contributed by atoms with Crippen molar-refractivity contribution >= 4 is 11.9 Å². The number of aromatic nitrogens is 2. The van der Waals surface area contributed by atoms with Gasteiger partial charge in [0, 0.05) is 37.9 Å². The summed E-state index contributed by atoms with van der Waals surface area (Å²) in [5.74, 6) is 0.752. The second-order valence-electron chi connectivity index (χ2n) is 6.57. The SMILES string of the molecule is CCNC(=NCc1ccccc1Cn1cccn1)NCCC(=O)NC(C)C. The van der Waals surface area contributed by atoms with E-state index in [1.165, 1.54) is 5.56 Å². The average molecular weight is 371 g/mol. The van der Waals surface area contributed by atoms with Gasteiger partial charge in [0.1, 0.15) is 0 Å². The monoisotopic (exact) mass is 370 g/mol. The molecule has 1 aromatic carbocycles. The Morgan fingerprint density at radius 2 is 1.96 bits per heavy atom. The van der Waals surface area contributed by atoms with Crippen LogP contribution in [0.5, 0.6) is 0 Å². The highest BCUT2D eigenvalue weighted by Crippen LogP contribution is 2.11. The van der Waals surface area contributed by atoms with Gasteiger partial charge in [0.2, 0.25) is 5.91 Å². The van der Waals surface area contributed by atoms with Gasteiger partial charge >= 0.3 is 0 Å². The first-order valence-electron chi connectivity index (χ1n) is 9.44. The summed E-state index contributed by atoms with van der Waals surface area (Å²) in [6.07, 6.45) is 4.15.